The molecular weight excluding hydrogens is 188 g/mol. The van der Waals surface area contributed by atoms with Crippen molar-refractivity contribution < 1.29 is 4.74 Å². The summed E-state index contributed by atoms with van der Waals surface area (Å²) in [6.45, 7) is 5.16. The summed E-state index contributed by atoms with van der Waals surface area (Å²) in [6.07, 6.45) is 2.61. The number of piperidine rings is 1. The van der Waals surface area contributed by atoms with E-state index in [2.05, 4.69) is 12.2 Å². The van der Waals surface area contributed by atoms with Crippen LogP contribution in [0.4, 0.5) is 0 Å². The fourth-order valence-electron chi connectivity index (χ4n) is 2.40. The fraction of sp³-hybridized carbons (Fsp3) is 1.00. The van der Waals surface area contributed by atoms with Gasteiger partial charge in [-0.3, -0.25) is 0 Å². The molecule has 2 atom stereocenters. The van der Waals surface area contributed by atoms with Crippen molar-refractivity contribution in [3.05, 3.63) is 0 Å². The van der Waals surface area contributed by atoms with Gasteiger partial charge in [0.25, 0.3) is 0 Å². The summed E-state index contributed by atoms with van der Waals surface area (Å²) < 4.78 is 5.61. The summed E-state index contributed by atoms with van der Waals surface area (Å²) in [6, 6.07) is 0.250. The number of nitrogens with one attached hydrogen (secondary N) is 1. The molecule has 0 radical (unpaired) electrons. The van der Waals surface area contributed by atoms with Gasteiger partial charge in [0.1, 0.15) is 0 Å². The van der Waals surface area contributed by atoms with Crippen LogP contribution < -0.4 is 11.1 Å². The topological polar surface area (TPSA) is 47.3 Å². The van der Waals surface area contributed by atoms with Gasteiger partial charge in [-0.25, -0.2) is 0 Å². The standard InChI is InChI=1S/C9H18N2O.ClH/c1-7-8(10)9(6-12-7)2-4-11-5-3-9;/h7-8,11H,2-6,10H2,1H3;1H/t7-,8+;/m0./s1. The van der Waals surface area contributed by atoms with E-state index >= 15 is 0 Å². The number of halogens is 1. The molecule has 2 heterocycles. The molecule has 4 heteroatoms. The smallest absolute Gasteiger partial charge is 0.0704 e. The zero-order valence-electron chi connectivity index (χ0n) is 8.08. The fourth-order valence-corrected chi connectivity index (χ4v) is 2.40. The Morgan fingerprint density at radius 2 is 2.00 bits per heavy atom. The summed E-state index contributed by atoms with van der Waals surface area (Å²) >= 11 is 0. The van der Waals surface area contributed by atoms with E-state index in [1.165, 1.54) is 12.8 Å². The lowest BCUT2D eigenvalue weighted by Crippen LogP contribution is -2.49. The number of hydrogen-bond acceptors (Lipinski definition) is 3. The van der Waals surface area contributed by atoms with Crippen LogP contribution in [-0.2, 0) is 4.74 Å². The Hall–Kier alpha value is 0.170. The summed E-state index contributed by atoms with van der Waals surface area (Å²) in [5, 5.41) is 3.36. The highest BCUT2D eigenvalue weighted by Gasteiger charge is 2.46. The quantitative estimate of drug-likeness (QED) is 0.608. The molecule has 2 rings (SSSR count). The number of nitrogens with two attached hydrogens (primary N) is 1. The largest absolute Gasteiger partial charge is 0.376 e. The van der Waals surface area contributed by atoms with Gasteiger partial charge in [-0.1, -0.05) is 0 Å². The Bertz CT molecular complexity index is 165. The van der Waals surface area contributed by atoms with E-state index in [0.717, 1.165) is 19.7 Å². The monoisotopic (exact) mass is 206 g/mol. The van der Waals surface area contributed by atoms with Crippen molar-refractivity contribution in [3.63, 3.8) is 0 Å². The Labute approximate surface area is 85.8 Å². The number of hydrogen-bond donors (Lipinski definition) is 2. The van der Waals surface area contributed by atoms with E-state index in [4.69, 9.17) is 10.5 Å². The van der Waals surface area contributed by atoms with Crippen molar-refractivity contribution in [2.75, 3.05) is 19.7 Å². The van der Waals surface area contributed by atoms with Gasteiger partial charge in [0.2, 0.25) is 0 Å². The van der Waals surface area contributed by atoms with Crippen LogP contribution in [-0.4, -0.2) is 31.8 Å². The van der Waals surface area contributed by atoms with E-state index in [9.17, 15) is 0 Å². The predicted octanol–water partition coefficient (Wildman–Crippen LogP) is 0.524. The van der Waals surface area contributed by atoms with Gasteiger partial charge in [-0.05, 0) is 32.9 Å². The molecule has 0 saturated carbocycles. The summed E-state index contributed by atoms with van der Waals surface area (Å²) in [5.41, 5.74) is 6.43. The molecule has 13 heavy (non-hydrogen) atoms. The molecule has 0 aromatic heterocycles. The average Bonchev–Trinajstić information content (AvgIpc) is 2.37. The van der Waals surface area contributed by atoms with Crippen molar-refractivity contribution in [1.29, 1.82) is 0 Å². The van der Waals surface area contributed by atoms with E-state index in [-0.39, 0.29) is 24.6 Å². The van der Waals surface area contributed by atoms with E-state index < -0.39 is 0 Å². The Morgan fingerprint density at radius 3 is 2.46 bits per heavy atom. The molecule has 0 unspecified atom stereocenters. The minimum atomic E-state index is 0. The van der Waals surface area contributed by atoms with Gasteiger partial charge >= 0.3 is 0 Å². The molecule has 0 aromatic carbocycles. The summed E-state index contributed by atoms with van der Waals surface area (Å²) in [5.74, 6) is 0. The first kappa shape index (κ1) is 11.2. The van der Waals surface area contributed by atoms with Gasteiger partial charge in [0.05, 0.1) is 12.7 Å². The summed E-state index contributed by atoms with van der Waals surface area (Å²) in [4.78, 5) is 0. The Kier molecular flexibility index (Phi) is 3.57. The summed E-state index contributed by atoms with van der Waals surface area (Å²) in [7, 11) is 0. The lowest BCUT2D eigenvalue weighted by atomic mass is 9.74. The zero-order valence-corrected chi connectivity index (χ0v) is 8.90. The number of ether oxygens (including phenoxy) is 1. The molecule has 1 spiro atoms. The van der Waals surface area contributed by atoms with Crippen LogP contribution in [0, 0.1) is 5.41 Å². The highest BCUT2D eigenvalue weighted by atomic mass is 35.5. The molecule has 2 aliphatic rings. The predicted molar refractivity (Wildman–Crippen MR) is 55.2 cm³/mol. The van der Waals surface area contributed by atoms with Crippen molar-refractivity contribution in [2.45, 2.75) is 31.9 Å². The first-order chi connectivity index (χ1) is 5.75. The van der Waals surface area contributed by atoms with Crippen LogP contribution >= 0.6 is 12.4 Å². The van der Waals surface area contributed by atoms with Crippen LogP contribution in [0.15, 0.2) is 0 Å². The van der Waals surface area contributed by atoms with Gasteiger partial charge in [0.15, 0.2) is 0 Å². The molecule has 2 aliphatic heterocycles. The van der Waals surface area contributed by atoms with Gasteiger partial charge < -0.3 is 15.8 Å². The Morgan fingerprint density at radius 1 is 1.38 bits per heavy atom. The molecule has 0 amide bonds. The van der Waals surface area contributed by atoms with Crippen LogP contribution in [0.3, 0.4) is 0 Å². The average molecular weight is 207 g/mol. The lowest BCUT2D eigenvalue weighted by molar-refractivity contribution is 0.0952. The van der Waals surface area contributed by atoms with Crippen molar-refractivity contribution in [1.82, 2.24) is 5.32 Å². The second kappa shape index (κ2) is 4.13. The zero-order chi connectivity index (χ0) is 8.60. The molecule has 2 saturated heterocycles. The maximum Gasteiger partial charge on any atom is 0.0704 e. The SMILES string of the molecule is C[C@@H]1OCC2(CCNCC2)[C@@H]1N.Cl. The van der Waals surface area contributed by atoms with Gasteiger partial charge in [-0.2, -0.15) is 0 Å². The molecule has 0 aromatic rings. The second-order valence-electron chi connectivity index (χ2n) is 4.15. The van der Waals surface area contributed by atoms with Crippen molar-refractivity contribution >= 4 is 12.4 Å². The van der Waals surface area contributed by atoms with Crippen LogP contribution in [0.1, 0.15) is 19.8 Å². The molecule has 3 nitrogen and oxygen atoms in total. The molecule has 78 valence electrons. The van der Waals surface area contributed by atoms with Gasteiger partial charge in [-0.15, -0.1) is 12.4 Å². The molecule has 0 bridgehead atoms. The number of rotatable bonds is 0. The van der Waals surface area contributed by atoms with Crippen molar-refractivity contribution in [3.8, 4) is 0 Å². The van der Waals surface area contributed by atoms with Crippen molar-refractivity contribution in [2.24, 2.45) is 11.1 Å². The molecule has 0 aliphatic carbocycles. The second-order valence-corrected chi connectivity index (χ2v) is 4.15. The highest BCUT2D eigenvalue weighted by Crippen LogP contribution is 2.39. The minimum Gasteiger partial charge on any atom is -0.376 e. The molecular formula is C9H19ClN2O. The normalized spacial score (nSPS) is 37.4. The third-order valence-corrected chi connectivity index (χ3v) is 3.45. The molecule has 3 N–H and O–H groups in total. The maximum absolute atomic E-state index is 6.14. The van der Waals surface area contributed by atoms with Gasteiger partial charge in [0, 0.05) is 11.5 Å². The minimum absolute atomic E-state index is 0. The van der Waals surface area contributed by atoms with Crippen LogP contribution in [0.25, 0.3) is 0 Å². The third-order valence-electron chi connectivity index (χ3n) is 3.45. The van der Waals surface area contributed by atoms with E-state index in [1.807, 2.05) is 0 Å². The first-order valence-electron chi connectivity index (χ1n) is 4.82. The molecule has 2 fully saturated rings. The first-order valence-corrected chi connectivity index (χ1v) is 4.82. The highest BCUT2D eigenvalue weighted by molar-refractivity contribution is 5.85. The van der Waals surface area contributed by atoms with E-state index in [1.54, 1.807) is 0 Å². The van der Waals surface area contributed by atoms with Crippen LogP contribution in [0.5, 0.6) is 0 Å². The maximum atomic E-state index is 6.14. The third kappa shape index (κ3) is 1.84. The lowest BCUT2D eigenvalue weighted by Gasteiger charge is -2.36. The van der Waals surface area contributed by atoms with Crippen LogP contribution in [0.2, 0.25) is 0 Å². The van der Waals surface area contributed by atoms with E-state index in [0.29, 0.717) is 5.41 Å². The Balaban J connectivity index is 0.000000845.